The second-order valence-corrected chi connectivity index (χ2v) is 7.43. The second kappa shape index (κ2) is 5.57. The number of nitrogens with one attached hydrogen (secondary N) is 1. The van der Waals surface area contributed by atoms with Crippen LogP contribution in [0.5, 0.6) is 0 Å². The molecule has 3 heterocycles. The van der Waals surface area contributed by atoms with E-state index in [0.29, 0.717) is 5.69 Å². The Balaban J connectivity index is 1.54. The summed E-state index contributed by atoms with van der Waals surface area (Å²) in [5.74, 6) is -0.128. The Hall–Kier alpha value is -1.92. The zero-order valence-corrected chi connectivity index (χ0v) is 14.2. The maximum absolute atomic E-state index is 12.8. The molecule has 3 unspecified atom stereocenters. The molecule has 6 heteroatoms. The maximum Gasteiger partial charge on any atom is 0.272 e. The smallest absolute Gasteiger partial charge is 0.272 e. The van der Waals surface area contributed by atoms with E-state index in [-0.39, 0.29) is 28.7 Å². The third kappa shape index (κ3) is 2.41. The summed E-state index contributed by atoms with van der Waals surface area (Å²) in [4.78, 5) is 12.8. The normalized spacial score (nSPS) is 32.7. The first kappa shape index (κ1) is 15.6. The van der Waals surface area contributed by atoms with Gasteiger partial charge in [-0.2, -0.15) is 5.10 Å². The first-order chi connectivity index (χ1) is 11.5. The van der Waals surface area contributed by atoms with Crippen molar-refractivity contribution < 1.29 is 9.44 Å². The van der Waals surface area contributed by atoms with E-state index in [1.54, 1.807) is 11.7 Å². The molecule has 2 aliphatic heterocycles. The second-order valence-electron chi connectivity index (χ2n) is 7.43. The highest BCUT2D eigenvalue weighted by molar-refractivity contribution is 6.04. The Morgan fingerprint density at radius 3 is 2.67 bits per heavy atom. The number of nitrogens with zero attached hydrogens (tertiary/aromatic N) is 3. The van der Waals surface area contributed by atoms with Gasteiger partial charge in [-0.05, 0) is 12.5 Å². The van der Waals surface area contributed by atoms with Crippen molar-refractivity contribution in [2.75, 3.05) is 7.05 Å². The lowest BCUT2D eigenvalue weighted by Gasteiger charge is -2.58. The average Bonchev–Trinajstić information content (AvgIpc) is 2.86. The van der Waals surface area contributed by atoms with E-state index in [2.05, 4.69) is 10.4 Å². The fraction of sp³-hybridized carbons (Fsp3) is 0.556. The summed E-state index contributed by atoms with van der Waals surface area (Å²) in [6.07, 6.45) is 4.61. The molecular formula is C18H24N4O2. The highest BCUT2D eigenvalue weighted by Gasteiger charge is 2.44. The first-order valence-corrected chi connectivity index (χ1v) is 8.76. The Morgan fingerprint density at radius 1 is 1.29 bits per heavy atom. The van der Waals surface area contributed by atoms with Gasteiger partial charge in [0.05, 0.1) is 24.6 Å². The predicted molar refractivity (Wildman–Crippen MR) is 92.2 cm³/mol. The van der Waals surface area contributed by atoms with Crippen molar-refractivity contribution in [3.8, 4) is 0 Å². The third-order valence-electron chi connectivity index (χ3n) is 5.95. The minimum Gasteiger partial charge on any atom is -0.633 e. The minimum absolute atomic E-state index is 0.0775. The van der Waals surface area contributed by atoms with Crippen LogP contribution in [0, 0.1) is 5.21 Å². The number of aryl methyl sites for hydroxylation is 1. The van der Waals surface area contributed by atoms with Gasteiger partial charge in [0.15, 0.2) is 5.69 Å². The van der Waals surface area contributed by atoms with E-state index >= 15 is 0 Å². The summed E-state index contributed by atoms with van der Waals surface area (Å²) in [5, 5.41) is 21.2. The number of hydroxylamine groups is 3. The molecule has 128 valence electrons. The lowest BCUT2D eigenvalue weighted by molar-refractivity contribution is -0.922. The van der Waals surface area contributed by atoms with E-state index in [1.807, 2.05) is 31.3 Å². The van der Waals surface area contributed by atoms with Crippen LogP contribution in [0.15, 0.2) is 24.3 Å². The monoisotopic (exact) mass is 328 g/mol. The lowest BCUT2D eigenvalue weighted by Crippen LogP contribution is -2.64. The highest BCUT2D eigenvalue weighted by Crippen LogP contribution is 2.38. The van der Waals surface area contributed by atoms with E-state index in [4.69, 9.17) is 0 Å². The number of piperidine rings is 2. The first-order valence-electron chi connectivity index (χ1n) is 8.76. The number of benzene rings is 1. The van der Waals surface area contributed by atoms with Gasteiger partial charge in [-0.1, -0.05) is 18.2 Å². The largest absolute Gasteiger partial charge is 0.633 e. The molecule has 2 saturated heterocycles. The van der Waals surface area contributed by atoms with E-state index in [9.17, 15) is 10.0 Å². The van der Waals surface area contributed by atoms with Crippen LogP contribution in [0.4, 0.5) is 0 Å². The van der Waals surface area contributed by atoms with Crippen LogP contribution in [0.1, 0.15) is 42.6 Å². The summed E-state index contributed by atoms with van der Waals surface area (Å²) in [5.41, 5.74) is 1.43. The van der Waals surface area contributed by atoms with Gasteiger partial charge in [-0.25, -0.2) is 0 Å². The van der Waals surface area contributed by atoms with Crippen molar-refractivity contribution in [2.24, 2.45) is 7.05 Å². The summed E-state index contributed by atoms with van der Waals surface area (Å²) < 4.78 is 1.62. The molecule has 1 aromatic heterocycles. The fourth-order valence-corrected chi connectivity index (χ4v) is 4.56. The van der Waals surface area contributed by atoms with Crippen LogP contribution >= 0.6 is 0 Å². The Morgan fingerprint density at radius 2 is 1.96 bits per heavy atom. The van der Waals surface area contributed by atoms with Gasteiger partial charge >= 0.3 is 0 Å². The molecule has 2 aliphatic rings. The SMILES string of the molecule is Cn1nc(C(=O)NC2CC3CCC[C@@H](C2)[N+]3(C)[O-])c2ccccc21. The molecule has 4 atom stereocenters. The number of carbonyl (C=O) groups excluding carboxylic acids is 1. The molecule has 0 aliphatic carbocycles. The number of fused-ring (bicyclic) bond motifs is 3. The number of aromatic nitrogens is 2. The third-order valence-corrected chi connectivity index (χ3v) is 5.95. The van der Waals surface area contributed by atoms with Crippen molar-refractivity contribution in [1.82, 2.24) is 15.1 Å². The number of quaternary nitrogens is 1. The van der Waals surface area contributed by atoms with Crippen LogP contribution in [0.25, 0.3) is 10.9 Å². The lowest BCUT2D eigenvalue weighted by atomic mass is 9.81. The van der Waals surface area contributed by atoms with Crippen LogP contribution in [0.3, 0.4) is 0 Å². The summed E-state index contributed by atoms with van der Waals surface area (Å²) in [7, 11) is 3.66. The van der Waals surface area contributed by atoms with Crippen molar-refractivity contribution in [1.29, 1.82) is 0 Å². The molecule has 0 radical (unpaired) electrons. The number of hydrogen-bond donors (Lipinski definition) is 1. The van der Waals surface area contributed by atoms with Crippen LogP contribution in [-0.4, -0.2) is 45.5 Å². The molecule has 4 rings (SSSR count). The zero-order valence-electron chi connectivity index (χ0n) is 14.2. The molecule has 2 fully saturated rings. The highest BCUT2D eigenvalue weighted by atomic mass is 16.5. The topological polar surface area (TPSA) is 70.0 Å². The molecular weight excluding hydrogens is 304 g/mol. The summed E-state index contributed by atoms with van der Waals surface area (Å²) in [6.45, 7) is 0. The van der Waals surface area contributed by atoms with E-state index in [0.717, 1.165) is 43.0 Å². The average molecular weight is 328 g/mol. The molecule has 6 nitrogen and oxygen atoms in total. The van der Waals surface area contributed by atoms with Crippen molar-refractivity contribution in [3.05, 3.63) is 35.2 Å². The molecule has 24 heavy (non-hydrogen) atoms. The van der Waals surface area contributed by atoms with Gasteiger partial charge in [0.1, 0.15) is 0 Å². The quantitative estimate of drug-likeness (QED) is 0.679. The van der Waals surface area contributed by atoms with E-state index < -0.39 is 0 Å². The van der Waals surface area contributed by atoms with Gasteiger partial charge in [0, 0.05) is 44.2 Å². The Kier molecular flexibility index (Phi) is 3.62. The molecule has 2 bridgehead atoms. The number of amides is 1. The van der Waals surface area contributed by atoms with Crippen LogP contribution in [-0.2, 0) is 7.05 Å². The Bertz CT molecular complexity index is 766. The molecule has 0 saturated carbocycles. The molecule has 0 spiro atoms. The number of rotatable bonds is 2. The summed E-state index contributed by atoms with van der Waals surface area (Å²) in [6, 6.07) is 8.07. The maximum atomic E-state index is 12.8. The predicted octanol–water partition coefficient (Wildman–Crippen LogP) is 2.33. The van der Waals surface area contributed by atoms with E-state index in [1.165, 1.54) is 0 Å². The van der Waals surface area contributed by atoms with Gasteiger partial charge < -0.3 is 15.2 Å². The van der Waals surface area contributed by atoms with Crippen LogP contribution < -0.4 is 5.32 Å². The molecule has 1 N–H and O–H groups in total. The minimum atomic E-state index is -0.128. The van der Waals surface area contributed by atoms with Crippen LogP contribution in [0.2, 0.25) is 0 Å². The van der Waals surface area contributed by atoms with Crippen molar-refractivity contribution in [2.45, 2.75) is 50.2 Å². The van der Waals surface area contributed by atoms with Gasteiger partial charge in [0.25, 0.3) is 5.91 Å². The van der Waals surface area contributed by atoms with Gasteiger partial charge in [-0.15, -0.1) is 0 Å². The Labute approximate surface area is 141 Å². The molecule has 1 amide bonds. The summed E-state index contributed by atoms with van der Waals surface area (Å²) >= 11 is 0. The number of para-hydroxylation sites is 1. The van der Waals surface area contributed by atoms with Gasteiger partial charge in [0.2, 0.25) is 0 Å². The molecule has 1 aromatic carbocycles. The van der Waals surface area contributed by atoms with Gasteiger partial charge in [-0.3, -0.25) is 9.48 Å². The standard InChI is InChI=1S/C18H24N4O2/c1-21-16-9-4-3-8-15(16)17(20-21)18(23)19-12-10-13-6-5-7-14(11-12)22(13,2)24/h3-4,8-9,12-14H,5-7,10-11H2,1-2H3,(H,19,23)/t12?,13-,14?,22?/m0/s1. The van der Waals surface area contributed by atoms with Crippen molar-refractivity contribution >= 4 is 16.8 Å². The molecule has 2 aromatic rings. The fourth-order valence-electron chi connectivity index (χ4n) is 4.56. The number of hydrogen-bond acceptors (Lipinski definition) is 3. The number of carbonyl (C=O) groups is 1. The zero-order chi connectivity index (χ0) is 16.9. The van der Waals surface area contributed by atoms with Crippen molar-refractivity contribution in [3.63, 3.8) is 0 Å².